The van der Waals surface area contributed by atoms with Crippen LogP contribution in [-0.4, -0.2) is 53.3 Å². The molecule has 3 amide bonds. The van der Waals surface area contributed by atoms with Crippen molar-refractivity contribution >= 4 is 58.8 Å². The summed E-state index contributed by atoms with van der Waals surface area (Å²) in [6.07, 6.45) is 3.14. The van der Waals surface area contributed by atoms with E-state index in [1.54, 1.807) is 24.3 Å². The summed E-state index contributed by atoms with van der Waals surface area (Å²) in [6, 6.07) is 5.98. The van der Waals surface area contributed by atoms with Crippen LogP contribution in [0.4, 0.5) is 5.69 Å². The number of halogens is 2. The first-order valence-electron chi connectivity index (χ1n) is 10.2. The molecule has 8 nitrogen and oxygen atoms in total. The minimum Gasteiger partial charge on any atom is -0.345 e. The highest BCUT2D eigenvalue weighted by atomic mass is 35.5. The zero-order chi connectivity index (χ0) is 22.0. The number of carbonyl (C=O) groups excluding carboxylic acids is 3. The Kier molecular flexibility index (Phi) is 8.10. The van der Waals surface area contributed by atoms with Crippen molar-refractivity contribution in [2.45, 2.75) is 44.3 Å². The maximum absolute atomic E-state index is 12.8. The molecule has 1 fully saturated rings. The van der Waals surface area contributed by atoms with Gasteiger partial charge in [-0.1, -0.05) is 11.6 Å². The Morgan fingerprint density at radius 2 is 1.78 bits per heavy atom. The molecule has 1 saturated carbocycles. The maximum atomic E-state index is 12.8. The zero-order valence-electron chi connectivity index (χ0n) is 17.5. The van der Waals surface area contributed by atoms with E-state index < -0.39 is 11.8 Å². The second kappa shape index (κ2) is 10.6. The number of aromatic nitrogens is 1. The van der Waals surface area contributed by atoms with Crippen molar-refractivity contribution in [3.63, 3.8) is 0 Å². The lowest BCUT2D eigenvalue weighted by molar-refractivity contribution is -0.136. The maximum Gasteiger partial charge on any atom is 0.313 e. The van der Waals surface area contributed by atoms with E-state index >= 15 is 0 Å². The lowest BCUT2D eigenvalue weighted by Crippen LogP contribution is -2.51. The first-order chi connectivity index (χ1) is 14.9. The molecule has 172 valence electrons. The summed E-state index contributed by atoms with van der Waals surface area (Å²) >= 11 is 7.26. The lowest BCUT2D eigenvalue weighted by Gasteiger charge is -2.21. The minimum atomic E-state index is -0.754. The molecule has 2 unspecified atom stereocenters. The smallest absolute Gasteiger partial charge is 0.313 e. The number of hydrogen-bond donors (Lipinski definition) is 3. The highest BCUT2D eigenvalue weighted by Crippen LogP contribution is 2.25. The van der Waals surface area contributed by atoms with Crippen LogP contribution in [0.25, 0.3) is 0 Å². The lowest BCUT2D eigenvalue weighted by atomic mass is 10.1. The van der Waals surface area contributed by atoms with Gasteiger partial charge in [-0.3, -0.25) is 14.4 Å². The SMILES string of the molecule is CN1CCc2nc(C(=O)NC3CCCC3NC(=O)C(=O)Nc3ccc(Cl)cc3)sc2C1.Cl. The summed E-state index contributed by atoms with van der Waals surface area (Å²) in [5, 5.41) is 9.30. The van der Waals surface area contributed by atoms with Crippen LogP contribution in [0.15, 0.2) is 24.3 Å². The number of fused-ring (bicyclic) bond motifs is 1. The number of carbonyl (C=O) groups is 3. The number of nitrogens with zero attached hydrogens (tertiary/aromatic N) is 2. The Bertz CT molecular complexity index is 998. The van der Waals surface area contributed by atoms with E-state index in [2.05, 4.69) is 32.9 Å². The van der Waals surface area contributed by atoms with E-state index in [4.69, 9.17) is 11.6 Å². The topological polar surface area (TPSA) is 103 Å². The molecule has 32 heavy (non-hydrogen) atoms. The number of likely N-dealkylation sites (N-methyl/N-ethyl adjacent to an activating group) is 1. The third-order valence-electron chi connectivity index (χ3n) is 5.57. The van der Waals surface area contributed by atoms with Gasteiger partial charge in [0.25, 0.3) is 5.91 Å². The van der Waals surface area contributed by atoms with Crippen molar-refractivity contribution in [3.8, 4) is 0 Å². The van der Waals surface area contributed by atoms with Crippen molar-refractivity contribution in [2.75, 3.05) is 18.9 Å². The monoisotopic (exact) mass is 497 g/mol. The summed E-state index contributed by atoms with van der Waals surface area (Å²) in [5.41, 5.74) is 1.49. The molecule has 1 aromatic heterocycles. The van der Waals surface area contributed by atoms with Crippen LogP contribution >= 0.6 is 35.3 Å². The van der Waals surface area contributed by atoms with E-state index in [0.717, 1.165) is 42.9 Å². The predicted octanol–water partition coefficient (Wildman–Crippen LogP) is 2.61. The zero-order valence-corrected chi connectivity index (χ0v) is 19.9. The van der Waals surface area contributed by atoms with Gasteiger partial charge in [0, 0.05) is 47.2 Å². The van der Waals surface area contributed by atoms with Gasteiger partial charge in [-0.05, 0) is 50.6 Å². The molecule has 2 aromatic rings. The van der Waals surface area contributed by atoms with Crippen LogP contribution in [-0.2, 0) is 22.6 Å². The molecule has 1 aliphatic heterocycles. The normalized spacial score (nSPS) is 20.1. The van der Waals surface area contributed by atoms with Crippen LogP contribution in [0.1, 0.15) is 39.6 Å². The number of benzene rings is 1. The second-order valence-electron chi connectivity index (χ2n) is 7.93. The third kappa shape index (κ3) is 5.78. The summed E-state index contributed by atoms with van der Waals surface area (Å²) in [5.74, 6) is -1.70. The number of amides is 3. The van der Waals surface area contributed by atoms with Gasteiger partial charge < -0.3 is 20.9 Å². The fourth-order valence-corrected chi connectivity index (χ4v) is 5.13. The molecule has 3 N–H and O–H groups in total. The van der Waals surface area contributed by atoms with E-state index in [9.17, 15) is 14.4 Å². The fraction of sp³-hybridized carbons (Fsp3) is 0.429. The summed E-state index contributed by atoms with van der Waals surface area (Å²) in [6.45, 7) is 1.75. The van der Waals surface area contributed by atoms with Crippen LogP contribution in [0.5, 0.6) is 0 Å². The summed E-state index contributed by atoms with van der Waals surface area (Å²) < 4.78 is 0. The van der Waals surface area contributed by atoms with E-state index in [-0.39, 0.29) is 30.4 Å². The average molecular weight is 498 g/mol. The van der Waals surface area contributed by atoms with Crippen LogP contribution in [0, 0.1) is 0 Å². The molecule has 2 aliphatic rings. The van der Waals surface area contributed by atoms with Crippen molar-refractivity contribution in [1.29, 1.82) is 0 Å². The molecule has 4 rings (SSSR count). The molecule has 1 aliphatic carbocycles. The molecule has 11 heteroatoms. The van der Waals surface area contributed by atoms with Crippen LogP contribution in [0.2, 0.25) is 5.02 Å². The highest BCUT2D eigenvalue weighted by molar-refractivity contribution is 7.13. The Morgan fingerprint density at radius 1 is 1.09 bits per heavy atom. The van der Waals surface area contributed by atoms with Crippen molar-refractivity contribution in [3.05, 3.63) is 44.9 Å². The van der Waals surface area contributed by atoms with Gasteiger partial charge in [0.15, 0.2) is 5.01 Å². The number of thiazole rings is 1. The first-order valence-corrected chi connectivity index (χ1v) is 11.4. The van der Waals surface area contributed by atoms with Gasteiger partial charge in [-0.15, -0.1) is 23.7 Å². The summed E-state index contributed by atoms with van der Waals surface area (Å²) in [4.78, 5) is 45.2. The predicted molar refractivity (Wildman–Crippen MR) is 127 cm³/mol. The molecular weight excluding hydrogens is 473 g/mol. The van der Waals surface area contributed by atoms with Gasteiger partial charge in [-0.25, -0.2) is 4.98 Å². The van der Waals surface area contributed by atoms with Gasteiger partial charge in [0.05, 0.1) is 5.69 Å². The van der Waals surface area contributed by atoms with Crippen LogP contribution in [0.3, 0.4) is 0 Å². The molecule has 2 atom stereocenters. The van der Waals surface area contributed by atoms with Gasteiger partial charge >= 0.3 is 11.8 Å². The molecule has 0 radical (unpaired) electrons. The number of anilines is 1. The largest absolute Gasteiger partial charge is 0.345 e. The van der Waals surface area contributed by atoms with Crippen LogP contribution < -0.4 is 16.0 Å². The molecule has 0 spiro atoms. The number of hydrogen-bond acceptors (Lipinski definition) is 6. The second-order valence-corrected chi connectivity index (χ2v) is 9.45. The van der Waals surface area contributed by atoms with Crippen molar-refractivity contribution in [1.82, 2.24) is 20.5 Å². The Balaban J connectivity index is 0.00000289. The van der Waals surface area contributed by atoms with Gasteiger partial charge in [0.1, 0.15) is 0 Å². The highest BCUT2D eigenvalue weighted by Gasteiger charge is 2.32. The molecule has 0 saturated heterocycles. The number of rotatable bonds is 4. The van der Waals surface area contributed by atoms with E-state index in [1.807, 2.05) is 0 Å². The Labute approximate surface area is 201 Å². The Morgan fingerprint density at radius 3 is 2.50 bits per heavy atom. The minimum absolute atomic E-state index is 0. The third-order valence-corrected chi connectivity index (χ3v) is 6.91. The van der Waals surface area contributed by atoms with Gasteiger partial charge in [-0.2, -0.15) is 0 Å². The van der Waals surface area contributed by atoms with Gasteiger partial charge in [0.2, 0.25) is 0 Å². The first kappa shape index (κ1) is 24.4. The average Bonchev–Trinajstić information content (AvgIpc) is 3.36. The quantitative estimate of drug-likeness (QED) is 0.563. The Hall–Kier alpha value is -2.20. The van der Waals surface area contributed by atoms with Crippen molar-refractivity contribution < 1.29 is 14.4 Å². The molecular formula is C21H25Cl2N5O3S. The van der Waals surface area contributed by atoms with E-state index in [0.29, 0.717) is 22.1 Å². The number of nitrogens with one attached hydrogen (secondary N) is 3. The van der Waals surface area contributed by atoms with Crippen molar-refractivity contribution in [2.24, 2.45) is 0 Å². The molecule has 1 aromatic carbocycles. The fourth-order valence-electron chi connectivity index (χ4n) is 3.91. The molecule has 0 bridgehead atoms. The molecule has 2 heterocycles. The van der Waals surface area contributed by atoms with E-state index in [1.165, 1.54) is 11.3 Å². The summed E-state index contributed by atoms with van der Waals surface area (Å²) in [7, 11) is 2.05. The standard InChI is InChI=1S/C21H24ClN5O3S.ClH/c1-27-10-9-16-17(11-27)31-21(26-16)20(30)25-15-4-2-3-14(15)24-19(29)18(28)23-13-7-5-12(22)6-8-13;/h5-8,14-15H,2-4,9-11H2,1H3,(H,23,28)(H,24,29)(H,25,30);1H.